The van der Waals surface area contributed by atoms with E-state index in [1.165, 1.54) is 6.20 Å². The van der Waals surface area contributed by atoms with Gasteiger partial charge in [-0.3, -0.25) is 10.1 Å². The van der Waals surface area contributed by atoms with Gasteiger partial charge in [-0.15, -0.1) is 0 Å². The molecule has 0 saturated carbocycles. The normalized spacial score (nSPS) is 10.0. The summed E-state index contributed by atoms with van der Waals surface area (Å²) in [6, 6.07) is 1.70. The van der Waals surface area contributed by atoms with Crippen LogP contribution in [-0.2, 0) is 4.74 Å². The minimum atomic E-state index is -0.626. The number of ether oxygens (including phenoxy) is 1. The predicted octanol–water partition coefficient (Wildman–Crippen LogP) is 3.58. The lowest BCUT2D eigenvalue weighted by Crippen LogP contribution is -2.27. The molecule has 0 fully saturated rings. The first-order chi connectivity index (χ1) is 8.83. The third kappa shape index (κ3) is 5.99. The van der Waals surface area contributed by atoms with Crippen molar-refractivity contribution in [2.45, 2.75) is 47.1 Å². The van der Waals surface area contributed by atoms with Crippen molar-refractivity contribution in [2.75, 3.05) is 5.32 Å². The fourth-order valence-corrected chi connectivity index (χ4v) is 1.22. The van der Waals surface area contributed by atoms with E-state index in [0.29, 0.717) is 11.8 Å². The minimum absolute atomic E-state index is 0.217. The summed E-state index contributed by atoms with van der Waals surface area (Å²) >= 11 is 0. The van der Waals surface area contributed by atoms with E-state index in [1.807, 2.05) is 13.8 Å². The van der Waals surface area contributed by atoms with Crippen molar-refractivity contribution >= 4 is 18.2 Å². The molecule has 0 aliphatic carbocycles. The number of anilines is 1. The van der Waals surface area contributed by atoms with Gasteiger partial charge in [0.2, 0.25) is 0 Å². The summed E-state index contributed by atoms with van der Waals surface area (Å²) in [5.74, 6) is 0.217. The lowest BCUT2D eigenvalue weighted by molar-refractivity contribution is 0.0635. The molecule has 1 aromatic rings. The summed E-state index contributed by atoms with van der Waals surface area (Å²) in [6.45, 7) is 11.1. The summed E-state index contributed by atoms with van der Waals surface area (Å²) in [4.78, 5) is 26.3. The molecule has 106 valence electrons. The van der Waals surface area contributed by atoms with E-state index in [2.05, 4.69) is 10.3 Å². The number of aldehydes is 1. The molecule has 1 heterocycles. The lowest BCUT2D eigenvalue weighted by atomic mass is 10.1. The number of nitrogens with zero attached hydrogens (tertiary/aromatic N) is 1. The highest BCUT2D eigenvalue weighted by Gasteiger charge is 2.18. The number of nitrogens with one attached hydrogen (secondary N) is 1. The quantitative estimate of drug-likeness (QED) is 0.831. The molecule has 0 spiro atoms. The number of pyridine rings is 1. The molecule has 0 radical (unpaired) electrons. The standard InChI is InChI=1S/C12H16N2O3.C2H6/c1-8-5-6-13-10(9(8)7-15)14-11(16)17-12(2,3)4;1-2/h5-7H,1-4H3,(H,13,14,16);1-2H3. The van der Waals surface area contributed by atoms with Crippen LogP contribution in [0.4, 0.5) is 10.6 Å². The van der Waals surface area contributed by atoms with Crippen LogP contribution in [0, 0.1) is 6.92 Å². The van der Waals surface area contributed by atoms with Crippen LogP contribution in [0.25, 0.3) is 0 Å². The second-order valence-electron chi connectivity index (χ2n) is 4.63. The number of hydrogen-bond acceptors (Lipinski definition) is 4. The van der Waals surface area contributed by atoms with E-state index in [0.717, 1.165) is 5.56 Å². The van der Waals surface area contributed by atoms with Gasteiger partial charge in [0.15, 0.2) is 6.29 Å². The largest absolute Gasteiger partial charge is 0.444 e. The molecule has 0 saturated heterocycles. The van der Waals surface area contributed by atoms with Crippen LogP contribution in [0.5, 0.6) is 0 Å². The third-order valence-electron chi connectivity index (χ3n) is 1.95. The highest BCUT2D eigenvalue weighted by molar-refractivity contribution is 5.92. The maximum Gasteiger partial charge on any atom is 0.413 e. The van der Waals surface area contributed by atoms with Gasteiger partial charge < -0.3 is 4.74 Å². The Balaban J connectivity index is 0.00000154. The second kappa shape index (κ2) is 7.51. The van der Waals surface area contributed by atoms with Crippen LogP contribution in [-0.4, -0.2) is 23.0 Å². The summed E-state index contributed by atoms with van der Waals surface area (Å²) < 4.78 is 5.08. The fraction of sp³-hybridized carbons (Fsp3) is 0.500. The molecular weight excluding hydrogens is 244 g/mol. The molecule has 0 aliphatic rings. The van der Waals surface area contributed by atoms with Gasteiger partial charge in [0, 0.05) is 6.20 Å². The van der Waals surface area contributed by atoms with Crippen LogP contribution in [0.15, 0.2) is 12.3 Å². The summed E-state index contributed by atoms with van der Waals surface area (Å²) in [6.07, 6.45) is 1.56. The Morgan fingerprint density at radius 1 is 1.37 bits per heavy atom. The zero-order valence-corrected chi connectivity index (χ0v) is 12.4. The van der Waals surface area contributed by atoms with E-state index in [9.17, 15) is 9.59 Å². The zero-order chi connectivity index (χ0) is 15.1. The molecule has 0 bridgehead atoms. The lowest BCUT2D eigenvalue weighted by Gasteiger charge is -2.19. The molecule has 1 rings (SSSR count). The molecule has 1 aromatic heterocycles. The number of rotatable bonds is 2. The Bertz CT molecular complexity index is 437. The van der Waals surface area contributed by atoms with Crippen LogP contribution >= 0.6 is 0 Å². The van der Waals surface area contributed by atoms with Crippen molar-refractivity contribution in [3.05, 3.63) is 23.4 Å². The van der Waals surface area contributed by atoms with E-state index < -0.39 is 11.7 Å². The number of carbonyl (C=O) groups is 2. The maximum atomic E-state index is 11.5. The van der Waals surface area contributed by atoms with Crippen molar-refractivity contribution < 1.29 is 14.3 Å². The molecular formula is C14H22N2O3. The van der Waals surface area contributed by atoms with Crippen LogP contribution in [0.1, 0.15) is 50.5 Å². The van der Waals surface area contributed by atoms with Gasteiger partial charge in [-0.2, -0.15) is 0 Å². The van der Waals surface area contributed by atoms with Crippen molar-refractivity contribution in [1.82, 2.24) is 4.98 Å². The van der Waals surface area contributed by atoms with Gasteiger partial charge >= 0.3 is 6.09 Å². The van der Waals surface area contributed by atoms with Crippen molar-refractivity contribution in [1.29, 1.82) is 0 Å². The molecule has 0 atom stereocenters. The molecule has 0 aromatic carbocycles. The first kappa shape index (κ1) is 17.1. The number of amides is 1. The summed E-state index contributed by atoms with van der Waals surface area (Å²) in [7, 11) is 0. The number of aryl methyl sites for hydroxylation is 1. The Hall–Kier alpha value is -1.91. The van der Waals surface area contributed by atoms with Gasteiger partial charge in [-0.05, 0) is 39.3 Å². The molecule has 5 nitrogen and oxygen atoms in total. The number of carbonyl (C=O) groups excluding carboxylic acids is 2. The van der Waals surface area contributed by atoms with E-state index in [-0.39, 0.29) is 5.82 Å². The third-order valence-corrected chi connectivity index (χ3v) is 1.95. The average molecular weight is 266 g/mol. The van der Waals surface area contributed by atoms with Gasteiger partial charge in [-0.1, -0.05) is 13.8 Å². The summed E-state index contributed by atoms with van der Waals surface area (Å²) in [5.41, 5.74) is 0.523. The van der Waals surface area contributed by atoms with Gasteiger partial charge in [0.1, 0.15) is 11.4 Å². The zero-order valence-electron chi connectivity index (χ0n) is 12.4. The van der Waals surface area contributed by atoms with E-state index in [1.54, 1.807) is 33.8 Å². The van der Waals surface area contributed by atoms with Crippen LogP contribution < -0.4 is 5.32 Å². The molecule has 0 unspecified atom stereocenters. The van der Waals surface area contributed by atoms with Crippen LogP contribution in [0.2, 0.25) is 0 Å². The fourth-order valence-electron chi connectivity index (χ4n) is 1.22. The van der Waals surface area contributed by atoms with Crippen LogP contribution in [0.3, 0.4) is 0 Å². The maximum absolute atomic E-state index is 11.5. The molecule has 1 N–H and O–H groups in total. The monoisotopic (exact) mass is 266 g/mol. The predicted molar refractivity (Wildman–Crippen MR) is 75.6 cm³/mol. The first-order valence-electron chi connectivity index (χ1n) is 6.24. The van der Waals surface area contributed by atoms with Gasteiger partial charge in [-0.25, -0.2) is 9.78 Å². The molecule has 5 heteroatoms. The summed E-state index contributed by atoms with van der Waals surface area (Å²) in [5, 5.41) is 2.46. The SMILES string of the molecule is CC.Cc1ccnc(NC(=O)OC(C)(C)C)c1C=O. The average Bonchev–Trinajstić information content (AvgIpc) is 2.29. The van der Waals surface area contributed by atoms with Crippen molar-refractivity contribution in [3.63, 3.8) is 0 Å². The van der Waals surface area contributed by atoms with Crippen molar-refractivity contribution in [3.8, 4) is 0 Å². The van der Waals surface area contributed by atoms with Gasteiger partial charge in [0.25, 0.3) is 0 Å². The Kier molecular flexibility index (Phi) is 6.75. The number of aromatic nitrogens is 1. The van der Waals surface area contributed by atoms with Crippen molar-refractivity contribution in [2.24, 2.45) is 0 Å². The number of hydrogen-bond donors (Lipinski definition) is 1. The van der Waals surface area contributed by atoms with Gasteiger partial charge in [0.05, 0.1) is 5.56 Å². The Morgan fingerprint density at radius 3 is 2.42 bits per heavy atom. The van der Waals surface area contributed by atoms with E-state index in [4.69, 9.17) is 4.74 Å². The molecule has 0 aliphatic heterocycles. The molecule has 1 amide bonds. The first-order valence-corrected chi connectivity index (χ1v) is 6.24. The minimum Gasteiger partial charge on any atom is -0.444 e. The molecule has 19 heavy (non-hydrogen) atoms. The smallest absolute Gasteiger partial charge is 0.413 e. The van der Waals surface area contributed by atoms with E-state index >= 15 is 0 Å². The highest BCUT2D eigenvalue weighted by Crippen LogP contribution is 2.15. The second-order valence-corrected chi connectivity index (χ2v) is 4.63. The topological polar surface area (TPSA) is 68.3 Å². The Morgan fingerprint density at radius 2 is 1.95 bits per heavy atom. The highest BCUT2D eigenvalue weighted by atomic mass is 16.6. The Labute approximate surface area is 114 Å².